The van der Waals surface area contributed by atoms with Gasteiger partial charge in [-0.25, -0.2) is 0 Å². The molecule has 3 N–H and O–H groups in total. The van der Waals surface area contributed by atoms with Crippen LogP contribution >= 0.6 is 0 Å². The Morgan fingerprint density at radius 1 is 1.12 bits per heavy atom. The lowest BCUT2D eigenvalue weighted by Gasteiger charge is -2.67. The van der Waals surface area contributed by atoms with Gasteiger partial charge >= 0.3 is 0 Å². The largest absolute Gasteiger partial charge is 0.504 e. The maximum Gasteiger partial charge on any atom is 0.223 e. The molecule has 0 heterocycles. The Morgan fingerprint density at radius 3 is 2.44 bits per heavy atom. The van der Waals surface area contributed by atoms with Gasteiger partial charge in [0.25, 0.3) is 0 Å². The van der Waals surface area contributed by atoms with Crippen LogP contribution in [0.15, 0.2) is 46.3 Å². The Bertz CT molecular complexity index is 1050. The molecule has 4 rings (SSSR count). The first-order chi connectivity index (χ1) is 15.8. The van der Waals surface area contributed by atoms with Crippen molar-refractivity contribution >= 4 is 11.7 Å². The van der Waals surface area contributed by atoms with Gasteiger partial charge in [0.05, 0.1) is 0 Å². The van der Waals surface area contributed by atoms with E-state index >= 15 is 0 Å². The number of aliphatic hydroxyl groups excluding tert-OH is 1. The van der Waals surface area contributed by atoms with Gasteiger partial charge in [-0.1, -0.05) is 52.3 Å². The van der Waals surface area contributed by atoms with E-state index in [1.807, 2.05) is 6.92 Å². The molecule has 34 heavy (non-hydrogen) atoms. The zero-order valence-corrected chi connectivity index (χ0v) is 22.0. The molecule has 0 radical (unpaired) electrons. The van der Waals surface area contributed by atoms with E-state index in [1.165, 1.54) is 18.4 Å². The Labute approximate surface area is 205 Å². The summed E-state index contributed by atoms with van der Waals surface area (Å²) in [4.78, 5) is 24.5. The lowest BCUT2D eigenvalue weighted by molar-refractivity contribution is -0.161. The topological polar surface area (TPSA) is 80.4 Å². The van der Waals surface area contributed by atoms with Gasteiger partial charge in [-0.15, -0.1) is 0 Å². The molecule has 0 aliphatic heterocycles. The highest BCUT2D eigenvalue weighted by Gasteiger charge is 2.63. The first-order valence-electron chi connectivity index (χ1n) is 13.2. The number of hydrogen-bond acceptors (Lipinski definition) is 3. The molecule has 0 bridgehead atoms. The van der Waals surface area contributed by atoms with Gasteiger partial charge in [-0.2, -0.15) is 0 Å². The van der Waals surface area contributed by atoms with E-state index < -0.39 is 5.41 Å². The van der Waals surface area contributed by atoms with Gasteiger partial charge in [0.2, 0.25) is 11.7 Å². The van der Waals surface area contributed by atoms with Crippen LogP contribution in [0.2, 0.25) is 0 Å². The van der Waals surface area contributed by atoms with Crippen LogP contribution in [0, 0.1) is 27.6 Å². The average Bonchev–Trinajstić information content (AvgIpc) is 2.79. The van der Waals surface area contributed by atoms with Crippen molar-refractivity contribution in [1.82, 2.24) is 0 Å². The minimum Gasteiger partial charge on any atom is -0.504 e. The highest BCUT2D eigenvalue weighted by atomic mass is 16.3. The smallest absolute Gasteiger partial charge is 0.223 e. The first-order valence-corrected chi connectivity index (χ1v) is 13.2. The molecular weight excluding hydrogens is 422 g/mol. The molecule has 0 saturated heterocycles. The summed E-state index contributed by atoms with van der Waals surface area (Å²) in [5.74, 6) is -0.111. The van der Waals surface area contributed by atoms with E-state index in [0.29, 0.717) is 11.5 Å². The number of fused-ring (bicyclic) bond motifs is 3. The second-order valence-electron chi connectivity index (χ2n) is 12.6. The summed E-state index contributed by atoms with van der Waals surface area (Å²) in [5, 5.41) is 10.3. The summed E-state index contributed by atoms with van der Waals surface area (Å²) in [6.07, 6.45) is 15.4. The van der Waals surface area contributed by atoms with E-state index in [4.69, 9.17) is 5.73 Å². The molecule has 5 atom stereocenters. The number of hydrogen-bond donors (Lipinski definition) is 2. The molecule has 0 unspecified atom stereocenters. The molecule has 4 aliphatic carbocycles. The Hall–Kier alpha value is -2.10. The zero-order chi connectivity index (χ0) is 25.1. The first kappa shape index (κ1) is 25.0. The van der Waals surface area contributed by atoms with Crippen LogP contribution in [0.25, 0.3) is 0 Å². The van der Waals surface area contributed by atoms with Crippen molar-refractivity contribution in [1.29, 1.82) is 0 Å². The maximum atomic E-state index is 12.4. The van der Waals surface area contributed by atoms with Gasteiger partial charge in [-0.05, 0) is 104 Å². The van der Waals surface area contributed by atoms with Crippen LogP contribution < -0.4 is 5.73 Å². The van der Waals surface area contributed by atoms with Crippen molar-refractivity contribution in [2.45, 2.75) is 99.3 Å². The summed E-state index contributed by atoms with van der Waals surface area (Å²) in [6, 6.07) is 0. The highest BCUT2D eigenvalue weighted by molar-refractivity contribution is 6.06. The van der Waals surface area contributed by atoms with Gasteiger partial charge < -0.3 is 10.8 Å². The van der Waals surface area contributed by atoms with Crippen molar-refractivity contribution in [3.05, 3.63) is 46.3 Å². The Kier molecular flexibility index (Phi) is 6.06. The number of nitrogens with two attached hydrogens (primary N) is 1. The fourth-order valence-corrected chi connectivity index (χ4v) is 7.99. The van der Waals surface area contributed by atoms with Gasteiger partial charge in [-0.3, -0.25) is 9.59 Å². The lowest BCUT2D eigenvalue weighted by Crippen LogP contribution is -2.60. The predicted molar refractivity (Wildman–Crippen MR) is 137 cm³/mol. The molecule has 4 heteroatoms. The third-order valence-electron chi connectivity index (χ3n) is 10.9. The lowest BCUT2D eigenvalue weighted by atomic mass is 9.37. The quantitative estimate of drug-likeness (QED) is 0.477. The third-order valence-corrected chi connectivity index (χ3v) is 10.9. The number of amides is 1. The van der Waals surface area contributed by atoms with E-state index in [9.17, 15) is 14.7 Å². The van der Waals surface area contributed by atoms with E-state index in [1.54, 1.807) is 6.08 Å². The summed E-state index contributed by atoms with van der Waals surface area (Å²) in [6.45, 7) is 13.4. The maximum absolute atomic E-state index is 12.4. The summed E-state index contributed by atoms with van der Waals surface area (Å²) >= 11 is 0. The molecule has 0 aromatic carbocycles. The fraction of sp³-hybridized carbons (Fsp3) is 0.667. The van der Waals surface area contributed by atoms with E-state index in [0.717, 1.165) is 56.1 Å². The van der Waals surface area contributed by atoms with Gasteiger partial charge in [0.1, 0.15) is 0 Å². The standard InChI is InChI=1S/C30H43NO3/c1-7-20-17-23(32)25(33)19(2)22(20)11-10-21-9-8-12-30(6)24-18-28(4,26(31)34)14-13-27(24,3)15-16-29(21,30)5/h10-11,17,24,33H,7-9,12-16,18H2,1-6H3,(H2,31,34)/b21-10+,22-11-/t24-,27-,28-,29-,30+/m1/s1. The fourth-order valence-electron chi connectivity index (χ4n) is 7.99. The molecule has 4 nitrogen and oxygen atoms in total. The van der Waals surface area contributed by atoms with Crippen molar-refractivity contribution < 1.29 is 14.7 Å². The number of allylic oxidation sites excluding steroid dienone is 7. The number of carbonyl (C=O) groups excluding carboxylic acids is 2. The molecule has 0 spiro atoms. The van der Waals surface area contributed by atoms with Crippen LogP contribution in [-0.4, -0.2) is 16.8 Å². The number of carbonyl (C=O) groups is 2. The molecule has 4 aliphatic rings. The number of primary amides is 1. The van der Waals surface area contributed by atoms with Crippen LogP contribution in [-0.2, 0) is 9.59 Å². The van der Waals surface area contributed by atoms with Crippen LogP contribution in [0.4, 0.5) is 0 Å². The highest BCUT2D eigenvalue weighted by Crippen LogP contribution is 2.71. The molecule has 3 fully saturated rings. The second kappa shape index (κ2) is 8.24. The van der Waals surface area contributed by atoms with Crippen molar-refractivity contribution in [2.24, 2.45) is 33.3 Å². The van der Waals surface area contributed by atoms with Gasteiger partial charge in [0.15, 0.2) is 5.76 Å². The Morgan fingerprint density at radius 2 is 1.79 bits per heavy atom. The predicted octanol–water partition coefficient (Wildman–Crippen LogP) is 6.88. The van der Waals surface area contributed by atoms with Crippen LogP contribution in [0.3, 0.4) is 0 Å². The van der Waals surface area contributed by atoms with Gasteiger partial charge in [0, 0.05) is 11.0 Å². The third kappa shape index (κ3) is 3.55. The zero-order valence-electron chi connectivity index (χ0n) is 22.0. The molecule has 1 amide bonds. The number of rotatable bonds is 3. The van der Waals surface area contributed by atoms with E-state index in [-0.39, 0.29) is 33.7 Å². The minimum absolute atomic E-state index is 0.0582. The number of ketones is 1. The van der Waals surface area contributed by atoms with E-state index in [2.05, 4.69) is 46.8 Å². The Balaban J connectivity index is 1.75. The van der Waals surface area contributed by atoms with Crippen LogP contribution in [0.5, 0.6) is 0 Å². The van der Waals surface area contributed by atoms with Crippen LogP contribution in [0.1, 0.15) is 99.3 Å². The molecule has 0 aromatic heterocycles. The normalized spacial score (nSPS) is 42.9. The average molecular weight is 466 g/mol. The van der Waals surface area contributed by atoms with Crippen molar-refractivity contribution in [3.63, 3.8) is 0 Å². The summed E-state index contributed by atoms with van der Waals surface area (Å²) < 4.78 is 0. The summed E-state index contributed by atoms with van der Waals surface area (Å²) in [5.41, 5.74) is 10.0. The van der Waals surface area contributed by atoms with Crippen molar-refractivity contribution in [2.75, 3.05) is 0 Å². The molecule has 3 saturated carbocycles. The SMILES string of the molecule is CCC1=CC(=O)C(O)=C(C)/C1=C/C=C1\CCC[C@@]2(C)[C@@H]3C[C@](C)(C(N)=O)CC[C@]3(C)CC[C@]12C. The monoisotopic (exact) mass is 465 g/mol. The summed E-state index contributed by atoms with van der Waals surface area (Å²) in [7, 11) is 0. The minimum atomic E-state index is -0.413. The molecule has 0 aromatic rings. The molecular formula is C30H43NO3. The second-order valence-corrected chi connectivity index (χ2v) is 12.6. The van der Waals surface area contributed by atoms with Crippen molar-refractivity contribution in [3.8, 4) is 0 Å². The number of aliphatic hydroxyl groups is 1. The molecule has 186 valence electrons.